The van der Waals surface area contributed by atoms with Crippen molar-refractivity contribution in [2.45, 2.75) is 6.54 Å². The molecule has 0 bridgehead atoms. The van der Waals surface area contributed by atoms with Gasteiger partial charge in [0, 0.05) is 11.1 Å². The standard InChI is InChI=1S/C14H9Cl2N5O3/c15-7-2-9-8(23-5-24-9)1-6(7)4-21-10(22)3-18-11-12(16)19-14(17)20-13(11)21/h1-3H,4-5H2,(H2,17,19,20). The van der Waals surface area contributed by atoms with Crippen LogP contribution in [0.15, 0.2) is 23.1 Å². The number of nitrogens with zero attached hydrogens (tertiary/aromatic N) is 4. The van der Waals surface area contributed by atoms with E-state index in [0.717, 1.165) is 6.20 Å². The highest BCUT2D eigenvalue weighted by molar-refractivity contribution is 6.33. The second-order valence-corrected chi connectivity index (χ2v) is 5.79. The molecule has 1 aromatic carbocycles. The summed E-state index contributed by atoms with van der Waals surface area (Å²) in [6.07, 6.45) is 1.15. The van der Waals surface area contributed by atoms with Crippen molar-refractivity contribution >= 4 is 40.3 Å². The van der Waals surface area contributed by atoms with Crippen molar-refractivity contribution in [2.75, 3.05) is 12.5 Å². The minimum absolute atomic E-state index is 0.0505. The lowest BCUT2D eigenvalue weighted by Crippen LogP contribution is -2.22. The Kier molecular flexibility index (Phi) is 3.43. The first kappa shape index (κ1) is 15.0. The van der Waals surface area contributed by atoms with Crippen LogP contribution in [0.5, 0.6) is 11.5 Å². The van der Waals surface area contributed by atoms with Gasteiger partial charge in [-0.3, -0.25) is 9.36 Å². The predicted molar refractivity (Wildman–Crippen MR) is 87.7 cm³/mol. The zero-order valence-corrected chi connectivity index (χ0v) is 13.5. The Labute approximate surface area is 144 Å². The van der Waals surface area contributed by atoms with Crippen molar-refractivity contribution in [3.8, 4) is 11.5 Å². The van der Waals surface area contributed by atoms with E-state index in [2.05, 4.69) is 15.0 Å². The molecule has 1 aliphatic heterocycles. The fourth-order valence-corrected chi connectivity index (χ4v) is 2.86. The monoisotopic (exact) mass is 365 g/mol. The summed E-state index contributed by atoms with van der Waals surface area (Å²) in [6, 6.07) is 3.36. The summed E-state index contributed by atoms with van der Waals surface area (Å²) in [5.41, 5.74) is 6.42. The SMILES string of the molecule is Nc1nc(Cl)c2ncc(=O)n(Cc3cc4c(cc3Cl)OCO4)c2n1. The van der Waals surface area contributed by atoms with Crippen molar-refractivity contribution in [2.24, 2.45) is 0 Å². The van der Waals surface area contributed by atoms with E-state index < -0.39 is 0 Å². The number of aromatic nitrogens is 4. The van der Waals surface area contributed by atoms with Crippen molar-refractivity contribution < 1.29 is 9.47 Å². The van der Waals surface area contributed by atoms with Crippen LogP contribution in [-0.4, -0.2) is 26.3 Å². The van der Waals surface area contributed by atoms with Crippen LogP contribution in [0.2, 0.25) is 10.2 Å². The predicted octanol–water partition coefficient (Wildman–Crippen LogP) is 1.85. The average Bonchev–Trinajstić information content (AvgIpc) is 2.97. The molecule has 2 N–H and O–H groups in total. The van der Waals surface area contributed by atoms with Crippen LogP contribution in [0.1, 0.15) is 5.56 Å². The molecular formula is C14H9Cl2N5O3. The largest absolute Gasteiger partial charge is 0.454 e. The maximum absolute atomic E-state index is 12.3. The molecule has 0 saturated heterocycles. The van der Waals surface area contributed by atoms with E-state index in [0.29, 0.717) is 22.1 Å². The molecule has 24 heavy (non-hydrogen) atoms. The Morgan fingerprint density at radius 2 is 1.96 bits per heavy atom. The van der Waals surface area contributed by atoms with Gasteiger partial charge in [0.2, 0.25) is 12.7 Å². The van der Waals surface area contributed by atoms with Crippen LogP contribution >= 0.6 is 23.2 Å². The first-order chi connectivity index (χ1) is 11.5. The molecule has 0 aliphatic carbocycles. The number of nitrogen functional groups attached to an aromatic ring is 1. The second kappa shape index (κ2) is 5.50. The smallest absolute Gasteiger partial charge is 0.270 e. The van der Waals surface area contributed by atoms with E-state index in [1.807, 2.05) is 0 Å². The fraction of sp³-hybridized carbons (Fsp3) is 0.143. The number of hydrogen-bond donors (Lipinski definition) is 1. The maximum Gasteiger partial charge on any atom is 0.270 e. The molecule has 0 fully saturated rings. The van der Waals surface area contributed by atoms with Gasteiger partial charge in [0.05, 0.1) is 12.7 Å². The number of anilines is 1. The molecule has 0 atom stereocenters. The van der Waals surface area contributed by atoms with Crippen LogP contribution in [0.4, 0.5) is 5.95 Å². The Balaban J connectivity index is 1.89. The van der Waals surface area contributed by atoms with Gasteiger partial charge in [0.15, 0.2) is 22.3 Å². The maximum atomic E-state index is 12.3. The lowest BCUT2D eigenvalue weighted by atomic mass is 10.2. The third-order valence-electron chi connectivity index (χ3n) is 3.54. The summed E-state index contributed by atoms with van der Waals surface area (Å²) in [5, 5.41) is 0.507. The highest BCUT2D eigenvalue weighted by Crippen LogP contribution is 2.37. The molecule has 0 spiro atoms. The van der Waals surface area contributed by atoms with Gasteiger partial charge in [-0.2, -0.15) is 9.97 Å². The van der Waals surface area contributed by atoms with Gasteiger partial charge in [-0.1, -0.05) is 23.2 Å². The number of rotatable bonds is 2. The number of nitrogens with two attached hydrogens (primary N) is 1. The summed E-state index contributed by atoms with van der Waals surface area (Å²) < 4.78 is 12.0. The van der Waals surface area contributed by atoms with Crippen molar-refractivity contribution in [3.63, 3.8) is 0 Å². The molecule has 8 nitrogen and oxygen atoms in total. The topological polar surface area (TPSA) is 105 Å². The second-order valence-electron chi connectivity index (χ2n) is 5.02. The Morgan fingerprint density at radius 1 is 1.21 bits per heavy atom. The van der Waals surface area contributed by atoms with Gasteiger partial charge in [-0.15, -0.1) is 0 Å². The Hall–Kier alpha value is -2.58. The summed E-state index contributed by atoms with van der Waals surface area (Å²) in [4.78, 5) is 24.2. The lowest BCUT2D eigenvalue weighted by Gasteiger charge is -2.11. The Morgan fingerprint density at radius 3 is 2.75 bits per heavy atom. The van der Waals surface area contributed by atoms with E-state index in [9.17, 15) is 4.79 Å². The number of hydrogen-bond acceptors (Lipinski definition) is 7. The van der Waals surface area contributed by atoms with Crippen molar-refractivity contribution in [1.29, 1.82) is 0 Å². The van der Waals surface area contributed by atoms with Crippen LogP contribution in [0.3, 0.4) is 0 Å². The molecule has 0 amide bonds. The minimum atomic E-state index is -0.370. The van der Waals surface area contributed by atoms with E-state index in [4.69, 9.17) is 38.4 Å². The highest BCUT2D eigenvalue weighted by atomic mass is 35.5. The summed E-state index contributed by atoms with van der Waals surface area (Å²) in [5.74, 6) is 1.07. The van der Waals surface area contributed by atoms with Crippen LogP contribution < -0.4 is 20.8 Å². The summed E-state index contributed by atoms with van der Waals surface area (Å²) in [6.45, 7) is 0.271. The van der Waals surface area contributed by atoms with Gasteiger partial charge >= 0.3 is 0 Å². The molecular weight excluding hydrogens is 357 g/mol. The average molecular weight is 366 g/mol. The molecule has 2 aromatic heterocycles. The molecule has 0 unspecified atom stereocenters. The van der Waals surface area contributed by atoms with Crippen LogP contribution in [0.25, 0.3) is 11.2 Å². The molecule has 0 saturated carbocycles. The Bertz CT molecular complexity index is 1040. The molecule has 3 aromatic rings. The minimum Gasteiger partial charge on any atom is -0.454 e. The fourth-order valence-electron chi connectivity index (χ4n) is 2.43. The first-order valence-corrected chi connectivity index (χ1v) is 7.55. The number of benzene rings is 1. The molecule has 1 aliphatic rings. The normalized spacial score (nSPS) is 12.8. The molecule has 0 radical (unpaired) electrons. The lowest BCUT2D eigenvalue weighted by molar-refractivity contribution is 0.174. The van der Waals surface area contributed by atoms with Crippen LogP contribution in [0, 0.1) is 0 Å². The highest BCUT2D eigenvalue weighted by Gasteiger charge is 2.18. The van der Waals surface area contributed by atoms with Crippen LogP contribution in [-0.2, 0) is 6.54 Å². The zero-order chi connectivity index (χ0) is 16.8. The van der Waals surface area contributed by atoms with Gasteiger partial charge in [0.25, 0.3) is 5.56 Å². The van der Waals surface area contributed by atoms with E-state index in [1.165, 1.54) is 4.57 Å². The zero-order valence-electron chi connectivity index (χ0n) is 12.0. The molecule has 10 heteroatoms. The van der Waals surface area contributed by atoms with Gasteiger partial charge < -0.3 is 15.2 Å². The van der Waals surface area contributed by atoms with Gasteiger partial charge in [0.1, 0.15) is 5.52 Å². The summed E-state index contributed by atoms with van der Waals surface area (Å²) >= 11 is 12.3. The number of ether oxygens (including phenoxy) is 2. The quantitative estimate of drug-likeness (QED) is 0.690. The van der Waals surface area contributed by atoms with Crippen molar-refractivity contribution in [1.82, 2.24) is 19.5 Å². The molecule has 122 valence electrons. The third-order valence-corrected chi connectivity index (χ3v) is 4.15. The van der Waals surface area contributed by atoms with Gasteiger partial charge in [-0.25, -0.2) is 4.98 Å². The van der Waals surface area contributed by atoms with E-state index >= 15 is 0 Å². The van der Waals surface area contributed by atoms with E-state index in [1.54, 1.807) is 12.1 Å². The third kappa shape index (κ3) is 2.40. The van der Waals surface area contributed by atoms with E-state index in [-0.39, 0.29) is 41.2 Å². The van der Waals surface area contributed by atoms with Gasteiger partial charge in [-0.05, 0) is 11.6 Å². The summed E-state index contributed by atoms with van der Waals surface area (Å²) in [7, 11) is 0. The molecule has 3 heterocycles. The number of halogens is 2. The van der Waals surface area contributed by atoms with Crippen molar-refractivity contribution in [3.05, 3.63) is 44.4 Å². The molecule has 4 rings (SSSR count). The number of fused-ring (bicyclic) bond motifs is 2. The first-order valence-electron chi connectivity index (χ1n) is 6.79.